The minimum absolute atomic E-state index is 0.242. The zero-order valence-electron chi connectivity index (χ0n) is 17.5. The summed E-state index contributed by atoms with van der Waals surface area (Å²) in [6, 6.07) is 6.54. The highest BCUT2D eigenvalue weighted by Crippen LogP contribution is 2.31. The molecule has 1 aromatic carbocycles. The molecule has 0 aliphatic carbocycles. The Morgan fingerprint density at radius 3 is 2.59 bits per heavy atom. The zero-order chi connectivity index (χ0) is 22.1. The van der Waals surface area contributed by atoms with Gasteiger partial charge in [-0.2, -0.15) is 5.10 Å². The van der Waals surface area contributed by atoms with Gasteiger partial charge in [-0.15, -0.1) is 11.3 Å². The molecule has 0 N–H and O–H groups in total. The summed E-state index contributed by atoms with van der Waals surface area (Å²) >= 11 is 1.69. The van der Waals surface area contributed by atoms with Gasteiger partial charge < -0.3 is 4.74 Å². The molecule has 0 bridgehead atoms. The van der Waals surface area contributed by atoms with Crippen LogP contribution in [0.1, 0.15) is 23.9 Å². The van der Waals surface area contributed by atoms with Crippen molar-refractivity contribution in [2.24, 2.45) is 0 Å². The first kappa shape index (κ1) is 21.0. The number of nitrogens with zero attached hydrogens (tertiary/aromatic N) is 6. The van der Waals surface area contributed by atoms with E-state index < -0.39 is 9.84 Å². The van der Waals surface area contributed by atoms with Crippen LogP contribution in [0.15, 0.2) is 53.3 Å². The van der Waals surface area contributed by atoms with Crippen LogP contribution in [0.5, 0.6) is 11.6 Å². The second-order valence-electron chi connectivity index (χ2n) is 7.78. The largest absolute Gasteiger partial charge is 0.438 e. The Bertz CT molecular complexity index is 1310. The fourth-order valence-corrected chi connectivity index (χ4v) is 5.19. The molecule has 0 amide bonds. The fourth-order valence-electron chi connectivity index (χ4n) is 3.90. The summed E-state index contributed by atoms with van der Waals surface area (Å²) in [6.07, 6.45) is 8.19. The van der Waals surface area contributed by atoms with Crippen LogP contribution in [0.3, 0.4) is 0 Å². The maximum Gasteiger partial charge on any atom is 0.233 e. The van der Waals surface area contributed by atoms with E-state index in [1.165, 1.54) is 24.7 Å². The first-order chi connectivity index (χ1) is 15.5. The molecule has 1 fully saturated rings. The lowest BCUT2D eigenvalue weighted by Gasteiger charge is -2.31. The third kappa shape index (κ3) is 4.36. The quantitative estimate of drug-likeness (QED) is 0.423. The van der Waals surface area contributed by atoms with Crippen molar-refractivity contribution in [3.05, 3.63) is 53.4 Å². The van der Waals surface area contributed by atoms with Crippen LogP contribution in [0.4, 0.5) is 0 Å². The van der Waals surface area contributed by atoms with Crippen LogP contribution < -0.4 is 4.74 Å². The second kappa shape index (κ2) is 8.57. The molecule has 9 nitrogen and oxygen atoms in total. The predicted octanol–water partition coefficient (Wildman–Crippen LogP) is 3.32. The lowest BCUT2D eigenvalue weighted by Crippen LogP contribution is -2.34. The van der Waals surface area contributed by atoms with Gasteiger partial charge in [-0.3, -0.25) is 4.90 Å². The molecule has 32 heavy (non-hydrogen) atoms. The molecular formula is C21H22N6O3S2. The second-order valence-corrected chi connectivity index (χ2v) is 10.8. The van der Waals surface area contributed by atoms with Crippen LogP contribution in [0.25, 0.3) is 11.0 Å². The topological polar surface area (TPSA) is 103 Å². The van der Waals surface area contributed by atoms with E-state index >= 15 is 0 Å². The van der Waals surface area contributed by atoms with E-state index in [9.17, 15) is 8.42 Å². The molecule has 4 heterocycles. The molecule has 1 aliphatic rings. The lowest BCUT2D eigenvalue weighted by molar-refractivity contribution is 0.175. The standard InChI is InChI=1S/C21H22N6O3S2/c1-32(28,29)17-4-2-16(3-5-17)30-21-18-12-25-27(20(18)23-14-24-21)15-6-9-26(10-7-15)13-19-22-8-11-31-19/h2-5,8,11-12,14-15H,6-7,9-10,13H2,1H3. The average Bonchev–Trinajstić information content (AvgIpc) is 3.45. The Morgan fingerprint density at radius 2 is 1.91 bits per heavy atom. The van der Waals surface area contributed by atoms with Gasteiger partial charge in [0.05, 0.1) is 23.7 Å². The first-order valence-electron chi connectivity index (χ1n) is 10.2. The van der Waals surface area contributed by atoms with Crippen LogP contribution in [0.2, 0.25) is 0 Å². The van der Waals surface area contributed by atoms with Crippen LogP contribution in [-0.2, 0) is 16.4 Å². The normalized spacial score (nSPS) is 15.9. The van der Waals surface area contributed by atoms with Crippen LogP contribution in [0, 0.1) is 0 Å². The van der Waals surface area contributed by atoms with Gasteiger partial charge in [0.1, 0.15) is 22.5 Å². The van der Waals surface area contributed by atoms with Gasteiger partial charge in [-0.1, -0.05) is 0 Å². The average molecular weight is 471 g/mol. The number of benzene rings is 1. The summed E-state index contributed by atoms with van der Waals surface area (Å²) in [5.74, 6) is 0.898. The maximum atomic E-state index is 11.7. The fraction of sp³-hybridized carbons (Fsp3) is 0.333. The smallest absolute Gasteiger partial charge is 0.233 e. The van der Waals surface area contributed by atoms with Gasteiger partial charge in [0.25, 0.3) is 0 Å². The summed E-state index contributed by atoms with van der Waals surface area (Å²) in [5.41, 5.74) is 0.737. The molecule has 0 radical (unpaired) electrons. The van der Waals surface area contributed by atoms with Crippen LogP contribution in [-0.4, -0.2) is 57.4 Å². The Labute approximate surface area is 189 Å². The minimum atomic E-state index is -3.26. The lowest BCUT2D eigenvalue weighted by atomic mass is 10.1. The highest BCUT2D eigenvalue weighted by atomic mass is 32.2. The Kier molecular flexibility index (Phi) is 5.62. The van der Waals surface area contributed by atoms with Crippen molar-refractivity contribution < 1.29 is 13.2 Å². The summed E-state index contributed by atoms with van der Waals surface area (Å²) in [4.78, 5) is 15.8. The van der Waals surface area contributed by atoms with E-state index in [4.69, 9.17) is 4.74 Å². The van der Waals surface area contributed by atoms with Gasteiger partial charge in [-0.05, 0) is 37.1 Å². The summed E-state index contributed by atoms with van der Waals surface area (Å²) in [5, 5.41) is 8.48. The van der Waals surface area contributed by atoms with Crippen molar-refractivity contribution in [1.29, 1.82) is 0 Å². The van der Waals surface area contributed by atoms with E-state index in [-0.39, 0.29) is 10.9 Å². The number of fused-ring (bicyclic) bond motifs is 1. The number of sulfone groups is 1. The predicted molar refractivity (Wildman–Crippen MR) is 121 cm³/mol. The van der Waals surface area contributed by atoms with Crippen molar-refractivity contribution in [2.45, 2.75) is 30.3 Å². The third-order valence-electron chi connectivity index (χ3n) is 5.57. The molecule has 3 aromatic heterocycles. The SMILES string of the molecule is CS(=O)(=O)c1ccc(Oc2ncnc3c2cnn3C2CCN(Cc3nccs3)CC2)cc1. The number of piperidine rings is 1. The summed E-state index contributed by atoms with van der Waals surface area (Å²) in [7, 11) is -3.26. The van der Waals surface area contributed by atoms with Crippen LogP contribution >= 0.6 is 11.3 Å². The van der Waals surface area contributed by atoms with Gasteiger partial charge in [0.15, 0.2) is 15.5 Å². The Morgan fingerprint density at radius 1 is 1.12 bits per heavy atom. The number of hydrogen-bond donors (Lipinski definition) is 0. The highest BCUT2D eigenvalue weighted by molar-refractivity contribution is 7.90. The van der Waals surface area contributed by atoms with Gasteiger partial charge in [0, 0.05) is 30.9 Å². The number of likely N-dealkylation sites (tertiary alicyclic amines) is 1. The van der Waals surface area contributed by atoms with E-state index in [1.54, 1.807) is 29.7 Å². The molecular weight excluding hydrogens is 448 g/mol. The molecule has 0 saturated carbocycles. The third-order valence-corrected chi connectivity index (χ3v) is 7.46. The van der Waals surface area contributed by atoms with Crippen molar-refractivity contribution >= 4 is 32.2 Å². The monoisotopic (exact) mass is 470 g/mol. The number of rotatable bonds is 6. The number of thiazole rings is 1. The van der Waals surface area contributed by atoms with Crippen molar-refractivity contribution in [3.8, 4) is 11.6 Å². The van der Waals surface area contributed by atoms with Gasteiger partial charge in [0.2, 0.25) is 5.88 Å². The molecule has 1 saturated heterocycles. The molecule has 0 spiro atoms. The highest BCUT2D eigenvalue weighted by Gasteiger charge is 2.24. The van der Waals surface area contributed by atoms with E-state index in [1.807, 2.05) is 16.3 Å². The number of aromatic nitrogens is 5. The molecule has 11 heteroatoms. The molecule has 4 aromatic rings. The van der Waals surface area contributed by atoms with E-state index in [0.29, 0.717) is 11.6 Å². The van der Waals surface area contributed by atoms with Crippen molar-refractivity contribution in [2.75, 3.05) is 19.3 Å². The van der Waals surface area contributed by atoms with Crippen molar-refractivity contribution in [1.82, 2.24) is 29.6 Å². The molecule has 0 unspecified atom stereocenters. The molecule has 5 rings (SSSR count). The summed E-state index contributed by atoms with van der Waals surface area (Å²) in [6.45, 7) is 2.85. The van der Waals surface area contributed by atoms with Gasteiger partial charge in [-0.25, -0.2) is 28.1 Å². The number of ether oxygens (including phenoxy) is 1. The maximum absolute atomic E-state index is 11.7. The summed E-state index contributed by atoms with van der Waals surface area (Å²) < 4.78 is 31.2. The van der Waals surface area contributed by atoms with E-state index in [2.05, 4.69) is 25.0 Å². The number of hydrogen-bond acceptors (Lipinski definition) is 9. The first-order valence-corrected chi connectivity index (χ1v) is 13.0. The zero-order valence-corrected chi connectivity index (χ0v) is 19.1. The van der Waals surface area contributed by atoms with E-state index in [0.717, 1.165) is 48.5 Å². The molecule has 166 valence electrons. The molecule has 0 atom stereocenters. The Hall–Kier alpha value is -2.89. The molecule has 1 aliphatic heterocycles. The van der Waals surface area contributed by atoms with Crippen molar-refractivity contribution in [3.63, 3.8) is 0 Å². The Balaban J connectivity index is 1.31. The minimum Gasteiger partial charge on any atom is -0.438 e. The van der Waals surface area contributed by atoms with Gasteiger partial charge >= 0.3 is 0 Å².